The van der Waals surface area contributed by atoms with Crippen molar-refractivity contribution in [2.75, 3.05) is 5.88 Å². The molecule has 0 N–H and O–H groups in total. The molecule has 0 aliphatic heterocycles. The zero-order valence-electron chi connectivity index (χ0n) is 7.70. The molecular weight excluding hydrogens is 200 g/mol. The SMILES string of the molecule is Cc1nc2ccccc2n1C(=O)CCl. The first-order valence-electron chi connectivity index (χ1n) is 4.27. The third-order valence-corrected chi connectivity index (χ3v) is 2.32. The van der Waals surface area contributed by atoms with E-state index < -0.39 is 0 Å². The second kappa shape index (κ2) is 3.42. The van der Waals surface area contributed by atoms with E-state index in [1.807, 2.05) is 24.3 Å². The predicted molar refractivity (Wildman–Crippen MR) is 55.8 cm³/mol. The van der Waals surface area contributed by atoms with Gasteiger partial charge in [0.05, 0.1) is 11.0 Å². The molecule has 0 fully saturated rings. The number of aromatic nitrogens is 2. The van der Waals surface area contributed by atoms with Crippen LogP contribution in [0.1, 0.15) is 10.6 Å². The molecule has 0 aliphatic rings. The standard InChI is InChI=1S/C10H9ClN2O/c1-7-12-8-4-2-3-5-9(8)13(7)10(14)6-11/h2-5H,6H2,1H3. The van der Waals surface area contributed by atoms with Gasteiger partial charge >= 0.3 is 0 Å². The Bertz CT molecular complexity index is 490. The van der Waals surface area contributed by atoms with Crippen molar-refractivity contribution in [3.63, 3.8) is 0 Å². The Kier molecular flexibility index (Phi) is 2.25. The van der Waals surface area contributed by atoms with E-state index in [2.05, 4.69) is 4.98 Å². The van der Waals surface area contributed by atoms with Gasteiger partial charge in [0.1, 0.15) is 11.7 Å². The molecule has 72 valence electrons. The normalized spacial score (nSPS) is 10.7. The van der Waals surface area contributed by atoms with Crippen LogP contribution in [0.2, 0.25) is 0 Å². The highest BCUT2D eigenvalue weighted by Crippen LogP contribution is 2.15. The number of halogens is 1. The maximum Gasteiger partial charge on any atom is 0.247 e. The van der Waals surface area contributed by atoms with Gasteiger partial charge < -0.3 is 0 Å². The van der Waals surface area contributed by atoms with Crippen molar-refractivity contribution in [3.05, 3.63) is 30.1 Å². The molecule has 0 radical (unpaired) electrons. The van der Waals surface area contributed by atoms with Crippen molar-refractivity contribution in [1.29, 1.82) is 0 Å². The van der Waals surface area contributed by atoms with Crippen LogP contribution in [0.15, 0.2) is 24.3 Å². The Labute approximate surface area is 86.3 Å². The average Bonchev–Trinajstić information content (AvgIpc) is 2.53. The molecule has 0 aliphatic carbocycles. The Morgan fingerprint density at radius 1 is 1.50 bits per heavy atom. The number of hydrogen-bond acceptors (Lipinski definition) is 2. The average molecular weight is 209 g/mol. The van der Waals surface area contributed by atoms with Crippen molar-refractivity contribution < 1.29 is 4.79 Å². The molecule has 14 heavy (non-hydrogen) atoms. The molecule has 0 atom stereocenters. The van der Waals surface area contributed by atoms with Crippen LogP contribution in [-0.4, -0.2) is 21.3 Å². The first kappa shape index (κ1) is 9.21. The van der Waals surface area contributed by atoms with Gasteiger partial charge in [0.15, 0.2) is 0 Å². The van der Waals surface area contributed by atoms with E-state index in [0.29, 0.717) is 5.82 Å². The summed E-state index contributed by atoms with van der Waals surface area (Å²) < 4.78 is 1.54. The van der Waals surface area contributed by atoms with Crippen molar-refractivity contribution in [2.45, 2.75) is 6.92 Å². The van der Waals surface area contributed by atoms with Gasteiger partial charge in [0, 0.05) is 0 Å². The first-order valence-corrected chi connectivity index (χ1v) is 4.80. The molecule has 0 bridgehead atoms. The van der Waals surface area contributed by atoms with Crippen LogP contribution in [-0.2, 0) is 0 Å². The molecule has 0 saturated heterocycles. The Hall–Kier alpha value is -1.35. The third-order valence-electron chi connectivity index (χ3n) is 2.09. The highest BCUT2D eigenvalue weighted by Gasteiger charge is 2.11. The molecule has 4 heteroatoms. The number of imidazole rings is 1. The molecule has 3 nitrogen and oxygen atoms in total. The van der Waals surface area contributed by atoms with Crippen LogP contribution in [0.5, 0.6) is 0 Å². The molecule has 1 aromatic carbocycles. The summed E-state index contributed by atoms with van der Waals surface area (Å²) in [6.07, 6.45) is 0. The van der Waals surface area contributed by atoms with Gasteiger partial charge in [-0.2, -0.15) is 0 Å². The van der Waals surface area contributed by atoms with Crippen LogP contribution < -0.4 is 0 Å². The lowest BCUT2D eigenvalue weighted by Crippen LogP contribution is -2.13. The predicted octanol–water partition coefficient (Wildman–Crippen LogP) is 2.22. The molecule has 0 unspecified atom stereocenters. The number of rotatable bonds is 1. The summed E-state index contributed by atoms with van der Waals surface area (Å²) in [5.41, 5.74) is 1.64. The van der Waals surface area contributed by atoms with E-state index in [4.69, 9.17) is 11.6 Å². The third kappa shape index (κ3) is 1.30. The highest BCUT2D eigenvalue weighted by molar-refractivity contribution is 6.28. The lowest BCUT2D eigenvalue weighted by Gasteiger charge is -2.00. The fourth-order valence-electron chi connectivity index (χ4n) is 1.52. The fourth-order valence-corrected chi connectivity index (χ4v) is 1.64. The second-order valence-electron chi connectivity index (χ2n) is 3.01. The molecule has 2 rings (SSSR count). The van der Waals surface area contributed by atoms with Gasteiger partial charge in [-0.15, -0.1) is 11.6 Å². The number of carbonyl (C=O) groups excluding carboxylic acids is 1. The Balaban J connectivity index is 2.74. The largest absolute Gasteiger partial charge is 0.273 e. The number of nitrogens with zero attached hydrogens (tertiary/aromatic N) is 2. The van der Waals surface area contributed by atoms with Gasteiger partial charge in [-0.05, 0) is 19.1 Å². The summed E-state index contributed by atoms with van der Waals surface area (Å²) in [4.78, 5) is 15.8. The summed E-state index contributed by atoms with van der Waals surface area (Å²) in [6.45, 7) is 1.80. The Morgan fingerprint density at radius 3 is 2.93 bits per heavy atom. The first-order chi connectivity index (χ1) is 6.74. The van der Waals surface area contributed by atoms with Crippen LogP contribution in [0.4, 0.5) is 0 Å². The monoisotopic (exact) mass is 208 g/mol. The van der Waals surface area contributed by atoms with Crippen molar-refractivity contribution in [1.82, 2.24) is 9.55 Å². The van der Waals surface area contributed by atoms with Crippen molar-refractivity contribution >= 4 is 28.5 Å². The maximum absolute atomic E-state index is 11.5. The van der Waals surface area contributed by atoms with Crippen LogP contribution in [0.3, 0.4) is 0 Å². The summed E-state index contributed by atoms with van der Waals surface area (Å²) in [5.74, 6) is 0.510. The lowest BCUT2D eigenvalue weighted by molar-refractivity contribution is 0.0942. The highest BCUT2D eigenvalue weighted by atomic mass is 35.5. The van der Waals surface area contributed by atoms with Crippen molar-refractivity contribution in [2.24, 2.45) is 0 Å². The lowest BCUT2D eigenvalue weighted by atomic mass is 10.3. The van der Waals surface area contributed by atoms with Gasteiger partial charge in [0.2, 0.25) is 5.91 Å². The maximum atomic E-state index is 11.5. The van der Waals surface area contributed by atoms with Crippen LogP contribution in [0.25, 0.3) is 11.0 Å². The molecule has 0 saturated carbocycles. The smallest absolute Gasteiger partial charge is 0.247 e. The van der Waals surface area contributed by atoms with Gasteiger partial charge in [-0.25, -0.2) is 4.98 Å². The van der Waals surface area contributed by atoms with E-state index in [1.165, 1.54) is 0 Å². The van der Waals surface area contributed by atoms with E-state index in [1.54, 1.807) is 11.5 Å². The molecule has 2 aromatic rings. The number of benzene rings is 1. The molecular formula is C10H9ClN2O. The summed E-state index contributed by atoms with van der Waals surface area (Å²) >= 11 is 5.52. The second-order valence-corrected chi connectivity index (χ2v) is 3.28. The number of fused-ring (bicyclic) bond motifs is 1. The van der Waals surface area contributed by atoms with Crippen LogP contribution in [0, 0.1) is 6.92 Å². The minimum absolute atomic E-state index is 0.0266. The zero-order valence-corrected chi connectivity index (χ0v) is 8.45. The summed E-state index contributed by atoms with van der Waals surface area (Å²) in [7, 11) is 0. The zero-order chi connectivity index (χ0) is 10.1. The van der Waals surface area contributed by atoms with E-state index in [0.717, 1.165) is 11.0 Å². The summed E-state index contributed by atoms with van der Waals surface area (Å²) in [6, 6.07) is 7.51. The summed E-state index contributed by atoms with van der Waals surface area (Å²) in [5, 5.41) is 0. The van der Waals surface area contributed by atoms with Crippen molar-refractivity contribution in [3.8, 4) is 0 Å². The van der Waals surface area contributed by atoms with E-state index in [-0.39, 0.29) is 11.8 Å². The minimum atomic E-state index is -0.141. The number of hydrogen-bond donors (Lipinski definition) is 0. The molecule has 1 heterocycles. The minimum Gasteiger partial charge on any atom is -0.273 e. The fraction of sp³-hybridized carbons (Fsp3) is 0.200. The van der Waals surface area contributed by atoms with Crippen LogP contribution >= 0.6 is 11.6 Å². The van der Waals surface area contributed by atoms with Gasteiger partial charge in [-0.1, -0.05) is 12.1 Å². The van der Waals surface area contributed by atoms with E-state index in [9.17, 15) is 4.79 Å². The van der Waals surface area contributed by atoms with Gasteiger partial charge in [-0.3, -0.25) is 9.36 Å². The molecule has 0 spiro atoms. The number of carbonyl (C=O) groups is 1. The number of aryl methyl sites for hydroxylation is 1. The topological polar surface area (TPSA) is 34.9 Å². The van der Waals surface area contributed by atoms with Gasteiger partial charge in [0.25, 0.3) is 0 Å². The quantitative estimate of drug-likeness (QED) is 0.674. The Morgan fingerprint density at radius 2 is 2.21 bits per heavy atom. The van der Waals surface area contributed by atoms with E-state index >= 15 is 0 Å². The molecule has 1 aromatic heterocycles. The number of alkyl halides is 1. The number of para-hydroxylation sites is 2. The molecule has 0 amide bonds.